The van der Waals surface area contributed by atoms with Crippen molar-refractivity contribution in [1.29, 1.82) is 0 Å². The minimum atomic E-state index is 1.25. The molecule has 2 fully saturated rings. The van der Waals surface area contributed by atoms with Gasteiger partial charge in [0.2, 0.25) is 0 Å². The molecule has 0 saturated heterocycles. The first-order valence-electron chi connectivity index (χ1n) is 10.4. The largest absolute Gasteiger partial charge is 0.0683 e. The summed E-state index contributed by atoms with van der Waals surface area (Å²) in [5, 5.41) is 0. The zero-order valence-corrected chi connectivity index (χ0v) is 18.9. The minimum absolute atomic E-state index is 1.25. The molecule has 0 spiro atoms. The van der Waals surface area contributed by atoms with Crippen LogP contribution in [-0.2, 0) is 0 Å². The molecule has 21 heavy (non-hydrogen) atoms. The molecule has 0 aromatic heterocycles. The van der Waals surface area contributed by atoms with Gasteiger partial charge in [-0.1, -0.05) is 142 Å². The van der Waals surface area contributed by atoms with Gasteiger partial charge in [-0.2, -0.15) is 0 Å². The van der Waals surface area contributed by atoms with E-state index in [1.54, 1.807) is 0 Å². The third-order valence-electron chi connectivity index (χ3n) is 0.707. The lowest BCUT2D eigenvalue weighted by Gasteiger charge is -1.48. The number of hydrogen-bond acceptors (Lipinski definition) is 0. The Morgan fingerprint density at radius 3 is 0.381 bits per heavy atom. The Kier molecular flexibility index (Phi) is 301. The smallest absolute Gasteiger partial charge is 0.0533 e. The molecule has 2 saturated carbocycles. The summed E-state index contributed by atoms with van der Waals surface area (Å²) in [6.07, 6.45) is 10.2. The second-order valence-electron chi connectivity index (χ2n) is 2.83. The fraction of sp³-hybridized carbons (Fsp3) is 1.00. The molecule has 0 bridgehead atoms. The van der Waals surface area contributed by atoms with Crippen LogP contribution in [0.1, 0.15) is 142 Å². The molecule has 0 N–H and O–H groups in total. The van der Waals surface area contributed by atoms with Gasteiger partial charge in [-0.3, -0.25) is 0 Å². The van der Waals surface area contributed by atoms with Crippen LogP contribution in [0.2, 0.25) is 0 Å². The van der Waals surface area contributed by atoms with Gasteiger partial charge >= 0.3 is 0 Å². The predicted molar refractivity (Wildman–Crippen MR) is 112 cm³/mol. The van der Waals surface area contributed by atoms with Gasteiger partial charge in [0.25, 0.3) is 0 Å². The molecule has 2 aliphatic carbocycles. The first-order valence-corrected chi connectivity index (χ1v) is 10.4. The molecule has 0 unspecified atom stereocenters. The molecule has 0 nitrogen and oxygen atoms in total. The van der Waals surface area contributed by atoms with Gasteiger partial charge in [-0.15, -0.1) is 0 Å². The average Bonchev–Trinajstić information content (AvgIpc) is 3.50. The van der Waals surface area contributed by atoms with E-state index in [-0.39, 0.29) is 0 Å². The number of hydrogen-bond donors (Lipinski definition) is 0. The van der Waals surface area contributed by atoms with Gasteiger partial charge in [0.05, 0.1) is 0 Å². The molecule has 2 rings (SSSR count). The third kappa shape index (κ3) is 1620. The molecule has 0 aromatic carbocycles. The van der Waals surface area contributed by atoms with Crippen LogP contribution >= 0.6 is 0 Å². The Bertz CT molecular complexity index is 23.8. The summed E-state index contributed by atoms with van der Waals surface area (Å²) >= 11 is 0. The first kappa shape index (κ1) is 42.9. The van der Waals surface area contributed by atoms with Crippen molar-refractivity contribution in [1.82, 2.24) is 0 Å². The maximum Gasteiger partial charge on any atom is -0.0533 e. The van der Waals surface area contributed by atoms with Gasteiger partial charge in [-0.25, -0.2) is 0 Å². The zero-order chi connectivity index (χ0) is 18.9. The van der Waals surface area contributed by atoms with E-state index in [1.807, 2.05) is 83.1 Å². The highest BCUT2D eigenvalue weighted by molar-refractivity contribution is 4.51. The van der Waals surface area contributed by atoms with Crippen LogP contribution < -0.4 is 0 Å². The molecule has 2 aliphatic rings. The standard InChI is InChI=1S/2C3H6.C3H8.6C2H6/c2*1-2-3-1;1-3-2;6*1-2/h2*1-3H2;3H2,1-2H3;6*1-2H3. The van der Waals surface area contributed by atoms with Crippen LogP contribution in [0.25, 0.3) is 0 Å². The molecule has 0 radical (unpaired) electrons. The van der Waals surface area contributed by atoms with Crippen LogP contribution in [0.15, 0.2) is 0 Å². The second kappa shape index (κ2) is 147. The summed E-state index contributed by atoms with van der Waals surface area (Å²) in [7, 11) is 0. The van der Waals surface area contributed by atoms with E-state index >= 15 is 0 Å². The van der Waals surface area contributed by atoms with Crippen LogP contribution in [-0.4, -0.2) is 0 Å². The summed E-state index contributed by atoms with van der Waals surface area (Å²) in [5.41, 5.74) is 0. The van der Waals surface area contributed by atoms with Crippen LogP contribution in [0.5, 0.6) is 0 Å². The van der Waals surface area contributed by atoms with Gasteiger partial charge < -0.3 is 0 Å². The van der Waals surface area contributed by atoms with Crippen molar-refractivity contribution in [3.05, 3.63) is 0 Å². The van der Waals surface area contributed by atoms with E-state index in [1.165, 1.54) is 44.9 Å². The lowest BCUT2D eigenvalue weighted by molar-refractivity contribution is 1.09. The fourth-order valence-corrected chi connectivity index (χ4v) is 0. The molecule has 0 atom stereocenters. The monoisotopic (exact) mass is 308 g/mol. The van der Waals surface area contributed by atoms with Gasteiger partial charge in [0, 0.05) is 0 Å². The quantitative estimate of drug-likeness (QED) is 0.417. The van der Waals surface area contributed by atoms with Crippen molar-refractivity contribution < 1.29 is 0 Å². The summed E-state index contributed by atoms with van der Waals surface area (Å²) in [4.78, 5) is 0. The summed E-state index contributed by atoms with van der Waals surface area (Å²) in [6.45, 7) is 28.2. The second-order valence-corrected chi connectivity index (χ2v) is 2.83. The van der Waals surface area contributed by atoms with Crippen molar-refractivity contribution in [2.45, 2.75) is 142 Å². The van der Waals surface area contributed by atoms with Crippen molar-refractivity contribution in [3.63, 3.8) is 0 Å². The zero-order valence-electron chi connectivity index (χ0n) is 18.9. The van der Waals surface area contributed by atoms with E-state index < -0.39 is 0 Å². The highest BCUT2D eigenvalue weighted by Crippen LogP contribution is 2.15. The van der Waals surface area contributed by atoms with Crippen molar-refractivity contribution >= 4 is 0 Å². The molecule has 0 heteroatoms. The Balaban J connectivity index is -0.0000000213. The number of rotatable bonds is 0. The Hall–Kier alpha value is 0. The van der Waals surface area contributed by atoms with Crippen molar-refractivity contribution in [3.8, 4) is 0 Å². The minimum Gasteiger partial charge on any atom is -0.0683 e. The molecule has 0 heterocycles. The van der Waals surface area contributed by atoms with E-state index in [2.05, 4.69) is 13.8 Å². The third-order valence-corrected chi connectivity index (χ3v) is 0.707. The maximum absolute atomic E-state index is 2.12. The van der Waals surface area contributed by atoms with Gasteiger partial charge in [-0.05, 0) is 0 Å². The SMILES string of the molecule is C1CC1.C1CC1.CC.CC.CC.CC.CC.CC.CCC. The normalized spacial score (nSPS) is 9.43. The lowest BCUT2D eigenvalue weighted by Crippen LogP contribution is -1.27. The maximum atomic E-state index is 2.12. The van der Waals surface area contributed by atoms with Crippen LogP contribution in [0.3, 0.4) is 0 Å². The van der Waals surface area contributed by atoms with Crippen molar-refractivity contribution in [2.24, 2.45) is 0 Å². The Morgan fingerprint density at radius 1 is 0.333 bits per heavy atom. The molecule has 140 valence electrons. The van der Waals surface area contributed by atoms with Gasteiger partial charge in [0.15, 0.2) is 0 Å². The van der Waals surface area contributed by atoms with Crippen LogP contribution in [0.4, 0.5) is 0 Å². The summed E-state index contributed by atoms with van der Waals surface area (Å²) in [5.74, 6) is 0. The summed E-state index contributed by atoms with van der Waals surface area (Å²) in [6, 6.07) is 0. The molecular formula is C21H56. The molecule has 0 amide bonds. The highest BCUT2D eigenvalue weighted by atomic mass is 14.0. The Labute approximate surface area is 142 Å². The molecular weight excluding hydrogens is 252 g/mol. The van der Waals surface area contributed by atoms with E-state index in [9.17, 15) is 0 Å². The summed E-state index contributed by atoms with van der Waals surface area (Å²) < 4.78 is 0. The average molecular weight is 309 g/mol. The van der Waals surface area contributed by atoms with Crippen molar-refractivity contribution in [2.75, 3.05) is 0 Å². The van der Waals surface area contributed by atoms with E-state index in [0.29, 0.717) is 0 Å². The van der Waals surface area contributed by atoms with E-state index in [4.69, 9.17) is 0 Å². The lowest BCUT2D eigenvalue weighted by atomic mass is 10.6. The molecule has 0 aliphatic heterocycles. The topological polar surface area (TPSA) is 0 Å². The van der Waals surface area contributed by atoms with E-state index in [0.717, 1.165) is 0 Å². The van der Waals surface area contributed by atoms with Crippen LogP contribution in [0, 0.1) is 0 Å². The Morgan fingerprint density at radius 2 is 0.381 bits per heavy atom. The fourth-order valence-electron chi connectivity index (χ4n) is 0. The van der Waals surface area contributed by atoms with Gasteiger partial charge in [0.1, 0.15) is 0 Å². The predicted octanol–water partition coefficient (Wildman–Crippen LogP) is 9.91. The molecule has 0 aromatic rings. The first-order chi connectivity index (χ1) is 10.4. The highest BCUT2D eigenvalue weighted by Gasteiger charge is 1.95.